The number of aryl methyl sites for hydroxylation is 1. The average molecular weight is 257 g/mol. The first-order valence-electron chi connectivity index (χ1n) is 6.21. The molecule has 0 spiro atoms. The molecule has 2 aromatic rings. The van der Waals surface area contributed by atoms with Crippen LogP contribution in [0.3, 0.4) is 0 Å². The van der Waals surface area contributed by atoms with Gasteiger partial charge in [-0.1, -0.05) is 61.2 Å². The maximum atomic E-state index is 5.70. The third-order valence-corrected chi connectivity index (χ3v) is 3.29. The van der Waals surface area contributed by atoms with Crippen LogP contribution in [0.15, 0.2) is 61.2 Å². The molecule has 0 bridgehead atoms. The topological polar surface area (TPSA) is 0 Å². The summed E-state index contributed by atoms with van der Waals surface area (Å²) >= 11 is 5.70. The van der Waals surface area contributed by atoms with Gasteiger partial charge in [0.15, 0.2) is 0 Å². The van der Waals surface area contributed by atoms with Crippen molar-refractivity contribution in [2.24, 2.45) is 0 Å². The van der Waals surface area contributed by atoms with E-state index >= 15 is 0 Å². The van der Waals surface area contributed by atoms with Crippen LogP contribution < -0.4 is 0 Å². The van der Waals surface area contributed by atoms with E-state index in [-0.39, 0.29) is 0 Å². The van der Waals surface area contributed by atoms with Gasteiger partial charge < -0.3 is 0 Å². The Balaban J connectivity index is 2.12. The molecule has 0 radical (unpaired) electrons. The van der Waals surface area contributed by atoms with E-state index in [9.17, 15) is 0 Å². The number of hydrogen-bond donors (Lipinski definition) is 0. The Morgan fingerprint density at radius 2 is 1.50 bits per heavy atom. The van der Waals surface area contributed by atoms with Crippen molar-refractivity contribution in [3.8, 4) is 0 Å². The third kappa shape index (κ3) is 3.24. The van der Waals surface area contributed by atoms with Gasteiger partial charge in [0.05, 0.1) is 0 Å². The van der Waals surface area contributed by atoms with Crippen LogP contribution in [0.4, 0.5) is 0 Å². The highest BCUT2D eigenvalue weighted by atomic mass is 35.5. The van der Waals surface area contributed by atoms with Gasteiger partial charge in [-0.25, -0.2) is 0 Å². The van der Waals surface area contributed by atoms with Crippen molar-refractivity contribution >= 4 is 17.2 Å². The predicted octanol–water partition coefficient (Wildman–Crippen LogP) is 4.92. The first-order chi connectivity index (χ1) is 8.81. The van der Waals surface area contributed by atoms with E-state index in [1.807, 2.05) is 18.2 Å². The van der Waals surface area contributed by atoms with Crippen LogP contribution in [-0.2, 0) is 6.42 Å². The molecule has 0 aliphatic rings. The minimum absolute atomic E-state index is 0.721. The quantitative estimate of drug-likeness (QED) is 0.666. The van der Waals surface area contributed by atoms with Crippen molar-refractivity contribution in [1.82, 2.24) is 0 Å². The standard InChI is InChI=1S/C17H17Cl/c1-14(16-7-3-2-4-8-16)17-11-9-15(10-12-17)6-5-13-18/h2-4,7-12H,1,5-6,13H2. The summed E-state index contributed by atoms with van der Waals surface area (Å²) in [6, 6.07) is 18.9. The van der Waals surface area contributed by atoms with Gasteiger partial charge in [-0.15, -0.1) is 11.6 Å². The molecule has 0 nitrogen and oxygen atoms in total. The van der Waals surface area contributed by atoms with Crippen LogP contribution in [0.25, 0.3) is 5.57 Å². The van der Waals surface area contributed by atoms with Gasteiger partial charge in [0, 0.05) is 5.88 Å². The number of halogens is 1. The molecule has 18 heavy (non-hydrogen) atoms. The number of hydrogen-bond acceptors (Lipinski definition) is 0. The molecule has 0 unspecified atom stereocenters. The van der Waals surface area contributed by atoms with Crippen LogP contribution in [0.5, 0.6) is 0 Å². The smallest absolute Gasteiger partial charge is 0.0226 e. The summed E-state index contributed by atoms with van der Waals surface area (Å²) in [7, 11) is 0. The molecular weight excluding hydrogens is 240 g/mol. The lowest BCUT2D eigenvalue weighted by Crippen LogP contribution is -1.89. The Hall–Kier alpha value is -1.53. The zero-order valence-electron chi connectivity index (χ0n) is 10.4. The highest BCUT2D eigenvalue weighted by Crippen LogP contribution is 2.21. The Labute approximate surface area is 114 Å². The summed E-state index contributed by atoms with van der Waals surface area (Å²) in [5, 5.41) is 0. The zero-order chi connectivity index (χ0) is 12.8. The van der Waals surface area contributed by atoms with Crippen LogP contribution in [0.1, 0.15) is 23.1 Å². The van der Waals surface area contributed by atoms with Crippen molar-refractivity contribution in [3.63, 3.8) is 0 Å². The van der Waals surface area contributed by atoms with Crippen molar-refractivity contribution in [2.45, 2.75) is 12.8 Å². The lowest BCUT2D eigenvalue weighted by atomic mass is 9.98. The molecule has 0 heterocycles. The summed E-state index contributed by atoms with van der Waals surface area (Å²) in [6.45, 7) is 4.17. The van der Waals surface area contributed by atoms with Crippen LogP contribution in [0.2, 0.25) is 0 Å². The van der Waals surface area contributed by atoms with E-state index in [2.05, 4.69) is 43.0 Å². The summed E-state index contributed by atoms with van der Waals surface area (Å²) in [5.74, 6) is 0.721. The van der Waals surface area contributed by atoms with Gasteiger partial charge in [-0.05, 0) is 35.1 Å². The van der Waals surface area contributed by atoms with E-state index in [0.717, 1.165) is 24.3 Å². The molecule has 0 N–H and O–H groups in total. The Bertz CT molecular complexity index is 497. The van der Waals surface area contributed by atoms with Crippen molar-refractivity contribution < 1.29 is 0 Å². The molecule has 2 rings (SSSR count). The van der Waals surface area contributed by atoms with Crippen molar-refractivity contribution in [2.75, 3.05) is 5.88 Å². The minimum Gasteiger partial charge on any atom is -0.127 e. The van der Waals surface area contributed by atoms with Crippen LogP contribution in [-0.4, -0.2) is 5.88 Å². The Morgan fingerprint density at radius 3 is 2.11 bits per heavy atom. The third-order valence-electron chi connectivity index (χ3n) is 3.02. The van der Waals surface area contributed by atoms with Crippen LogP contribution in [0, 0.1) is 0 Å². The number of rotatable bonds is 5. The largest absolute Gasteiger partial charge is 0.127 e. The number of alkyl halides is 1. The van der Waals surface area contributed by atoms with Gasteiger partial charge in [0.25, 0.3) is 0 Å². The SMILES string of the molecule is C=C(c1ccccc1)c1ccc(CCCCl)cc1. The molecule has 0 fully saturated rings. The van der Waals surface area contributed by atoms with E-state index in [1.165, 1.54) is 16.7 Å². The highest BCUT2D eigenvalue weighted by Gasteiger charge is 2.01. The first-order valence-corrected chi connectivity index (χ1v) is 6.74. The normalized spacial score (nSPS) is 10.3. The minimum atomic E-state index is 0.721. The maximum absolute atomic E-state index is 5.70. The fourth-order valence-electron chi connectivity index (χ4n) is 1.95. The van der Waals surface area contributed by atoms with Gasteiger partial charge in [-0.2, -0.15) is 0 Å². The van der Waals surface area contributed by atoms with Gasteiger partial charge >= 0.3 is 0 Å². The second-order valence-corrected chi connectivity index (χ2v) is 4.71. The lowest BCUT2D eigenvalue weighted by molar-refractivity contribution is 0.929. The van der Waals surface area contributed by atoms with Crippen molar-refractivity contribution in [3.05, 3.63) is 77.9 Å². The van der Waals surface area contributed by atoms with Gasteiger partial charge in [0.2, 0.25) is 0 Å². The molecule has 0 saturated heterocycles. The summed E-state index contributed by atoms with van der Waals surface area (Å²) in [5.41, 5.74) is 4.75. The molecule has 1 heteroatoms. The summed E-state index contributed by atoms with van der Waals surface area (Å²) < 4.78 is 0. The highest BCUT2D eigenvalue weighted by molar-refractivity contribution is 6.17. The molecule has 2 aromatic carbocycles. The molecule has 0 aliphatic heterocycles. The molecule has 0 amide bonds. The van der Waals surface area contributed by atoms with Crippen molar-refractivity contribution in [1.29, 1.82) is 0 Å². The van der Waals surface area contributed by atoms with E-state index in [1.54, 1.807) is 0 Å². The monoisotopic (exact) mass is 256 g/mol. The van der Waals surface area contributed by atoms with E-state index in [0.29, 0.717) is 0 Å². The van der Waals surface area contributed by atoms with Gasteiger partial charge in [0.1, 0.15) is 0 Å². The fraction of sp³-hybridized carbons (Fsp3) is 0.176. The summed E-state index contributed by atoms with van der Waals surface area (Å²) in [6.07, 6.45) is 2.07. The van der Waals surface area contributed by atoms with Gasteiger partial charge in [-0.3, -0.25) is 0 Å². The lowest BCUT2D eigenvalue weighted by Gasteiger charge is -2.07. The first kappa shape index (κ1) is 12.9. The van der Waals surface area contributed by atoms with E-state index in [4.69, 9.17) is 11.6 Å². The van der Waals surface area contributed by atoms with E-state index < -0.39 is 0 Å². The molecular formula is C17H17Cl. The Kier molecular flexibility index (Phi) is 4.60. The zero-order valence-corrected chi connectivity index (χ0v) is 11.2. The summed E-state index contributed by atoms with van der Waals surface area (Å²) in [4.78, 5) is 0. The molecule has 0 atom stereocenters. The predicted molar refractivity (Wildman–Crippen MR) is 80.1 cm³/mol. The molecule has 0 aliphatic carbocycles. The Morgan fingerprint density at radius 1 is 0.889 bits per heavy atom. The average Bonchev–Trinajstić information content (AvgIpc) is 2.46. The maximum Gasteiger partial charge on any atom is 0.0226 e. The molecule has 92 valence electrons. The fourth-order valence-corrected chi connectivity index (χ4v) is 2.08. The second-order valence-electron chi connectivity index (χ2n) is 4.33. The van der Waals surface area contributed by atoms with Crippen LogP contribution >= 0.6 is 11.6 Å². The molecule has 0 saturated carbocycles. The second kappa shape index (κ2) is 6.42. The number of benzene rings is 2. The molecule has 0 aromatic heterocycles.